The van der Waals surface area contributed by atoms with Gasteiger partial charge in [0, 0.05) is 6.42 Å². The topological polar surface area (TPSA) is 43.1 Å². The van der Waals surface area contributed by atoms with Crippen LogP contribution in [0.15, 0.2) is 42.5 Å². The number of rotatable bonds is 4. The maximum Gasteiger partial charge on any atom is 0.217 e. The molecule has 0 heterocycles. The molecule has 0 unspecified atom stereocenters. The zero-order valence-electron chi connectivity index (χ0n) is 10.2. The highest BCUT2D eigenvalue weighted by Crippen LogP contribution is 2.22. The second kappa shape index (κ2) is 5.61. The maximum atomic E-state index is 13.1. The van der Waals surface area contributed by atoms with Gasteiger partial charge in [-0.05, 0) is 35.2 Å². The largest absolute Gasteiger partial charge is 0.370 e. The summed E-state index contributed by atoms with van der Waals surface area (Å²) in [6.45, 7) is 0. The minimum atomic E-state index is -0.865. The molecule has 0 radical (unpaired) electrons. The predicted molar refractivity (Wildman–Crippen MR) is 69.3 cm³/mol. The van der Waals surface area contributed by atoms with E-state index in [-0.39, 0.29) is 5.91 Å². The number of hydrogen-bond donors (Lipinski definition) is 1. The van der Waals surface area contributed by atoms with E-state index in [0.29, 0.717) is 18.4 Å². The Labute approximate surface area is 109 Å². The number of amides is 1. The molecule has 0 saturated heterocycles. The third kappa shape index (κ3) is 3.37. The van der Waals surface area contributed by atoms with Gasteiger partial charge >= 0.3 is 0 Å². The maximum absolute atomic E-state index is 13.1. The van der Waals surface area contributed by atoms with E-state index >= 15 is 0 Å². The molecular weight excluding hydrogens is 248 g/mol. The fourth-order valence-electron chi connectivity index (χ4n) is 1.81. The van der Waals surface area contributed by atoms with E-state index in [1.54, 1.807) is 0 Å². The molecule has 0 aromatic heterocycles. The van der Waals surface area contributed by atoms with Crippen LogP contribution in [0.4, 0.5) is 8.78 Å². The quantitative estimate of drug-likeness (QED) is 0.903. The van der Waals surface area contributed by atoms with E-state index in [2.05, 4.69) is 0 Å². The van der Waals surface area contributed by atoms with Crippen molar-refractivity contribution in [3.8, 4) is 11.1 Å². The lowest BCUT2D eigenvalue weighted by Gasteiger charge is -2.04. The summed E-state index contributed by atoms with van der Waals surface area (Å²) in [5.41, 5.74) is 7.46. The normalized spacial score (nSPS) is 10.4. The van der Waals surface area contributed by atoms with Gasteiger partial charge in [0.15, 0.2) is 11.6 Å². The third-order valence-corrected chi connectivity index (χ3v) is 2.87. The van der Waals surface area contributed by atoms with Crippen molar-refractivity contribution in [3.05, 3.63) is 59.7 Å². The first-order chi connectivity index (χ1) is 9.06. The minimum absolute atomic E-state index is 0.296. The van der Waals surface area contributed by atoms with Crippen LogP contribution in [0.25, 0.3) is 11.1 Å². The first-order valence-corrected chi connectivity index (χ1v) is 5.89. The van der Waals surface area contributed by atoms with E-state index in [1.807, 2.05) is 24.3 Å². The average molecular weight is 261 g/mol. The molecular formula is C15H13F2NO. The van der Waals surface area contributed by atoms with Crippen LogP contribution in [-0.4, -0.2) is 5.91 Å². The number of nitrogens with two attached hydrogens (primary N) is 1. The second-order valence-electron chi connectivity index (χ2n) is 4.29. The number of aryl methyl sites for hydroxylation is 1. The molecule has 2 rings (SSSR count). The Morgan fingerprint density at radius 1 is 0.947 bits per heavy atom. The SMILES string of the molecule is NC(=O)CCc1ccc(-c2ccc(F)c(F)c2)cc1. The zero-order valence-corrected chi connectivity index (χ0v) is 10.2. The van der Waals surface area contributed by atoms with Crippen LogP contribution in [0.5, 0.6) is 0 Å². The average Bonchev–Trinajstić information content (AvgIpc) is 2.40. The number of carbonyl (C=O) groups is 1. The molecule has 2 N–H and O–H groups in total. The van der Waals surface area contributed by atoms with Crippen LogP contribution < -0.4 is 5.73 Å². The van der Waals surface area contributed by atoms with Crippen LogP contribution in [0.3, 0.4) is 0 Å². The summed E-state index contributed by atoms with van der Waals surface area (Å²) < 4.78 is 26.0. The van der Waals surface area contributed by atoms with Crippen molar-refractivity contribution in [1.82, 2.24) is 0 Å². The van der Waals surface area contributed by atoms with Gasteiger partial charge in [-0.3, -0.25) is 4.79 Å². The van der Waals surface area contributed by atoms with Gasteiger partial charge in [0.05, 0.1) is 0 Å². The van der Waals surface area contributed by atoms with Crippen molar-refractivity contribution in [2.24, 2.45) is 5.73 Å². The van der Waals surface area contributed by atoms with Crippen molar-refractivity contribution in [2.45, 2.75) is 12.8 Å². The van der Waals surface area contributed by atoms with E-state index in [9.17, 15) is 13.6 Å². The van der Waals surface area contributed by atoms with Crippen LogP contribution in [0, 0.1) is 11.6 Å². The number of carbonyl (C=O) groups excluding carboxylic acids is 1. The highest BCUT2D eigenvalue weighted by molar-refractivity contribution is 5.74. The summed E-state index contributed by atoms with van der Waals surface area (Å²) in [5.74, 6) is -2.07. The van der Waals surface area contributed by atoms with Gasteiger partial charge in [-0.2, -0.15) is 0 Å². The summed E-state index contributed by atoms with van der Waals surface area (Å²) in [7, 11) is 0. The number of hydrogen-bond acceptors (Lipinski definition) is 1. The second-order valence-corrected chi connectivity index (χ2v) is 4.29. The molecule has 0 aliphatic carbocycles. The van der Waals surface area contributed by atoms with Crippen molar-refractivity contribution in [1.29, 1.82) is 0 Å². The van der Waals surface area contributed by atoms with Gasteiger partial charge in [0.2, 0.25) is 5.91 Å². The molecule has 1 amide bonds. The van der Waals surface area contributed by atoms with Crippen LogP contribution in [-0.2, 0) is 11.2 Å². The summed E-state index contributed by atoms with van der Waals surface area (Å²) in [6.07, 6.45) is 0.873. The third-order valence-electron chi connectivity index (χ3n) is 2.87. The fourth-order valence-corrected chi connectivity index (χ4v) is 1.81. The van der Waals surface area contributed by atoms with Gasteiger partial charge in [0.25, 0.3) is 0 Å². The summed E-state index contributed by atoms with van der Waals surface area (Å²) in [5, 5.41) is 0. The zero-order chi connectivity index (χ0) is 13.8. The molecule has 19 heavy (non-hydrogen) atoms. The van der Waals surface area contributed by atoms with Crippen LogP contribution in [0.2, 0.25) is 0 Å². The number of halogens is 2. The molecule has 0 bridgehead atoms. The Balaban J connectivity index is 2.17. The molecule has 0 aliphatic rings. The lowest BCUT2D eigenvalue weighted by Crippen LogP contribution is -2.11. The summed E-state index contributed by atoms with van der Waals surface area (Å²) in [4.78, 5) is 10.7. The van der Waals surface area contributed by atoms with Gasteiger partial charge in [-0.1, -0.05) is 30.3 Å². The highest BCUT2D eigenvalue weighted by atomic mass is 19.2. The molecule has 0 spiro atoms. The molecule has 2 aromatic carbocycles. The van der Waals surface area contributed by atoms with E-state index in [1.165, 1.54) is 6.07 Å². The monoisotopic (exact) mass is 261 g/mol. The molecule has 0 saturated carbocycles. The highest BCUT2D eigenvalue weighted by Gasteiger charge is 2.04. The summed E-state index contributed by atoms with van der Waals surface area (Å²) in [6, 6.07) is 11.1. The Morgan fingerprint density at radius 2 is 1.58 bits per heavy atom. The first kappa shape index (κ1) is 13.2. The lowest BCUT2D eigenvalue weighted by atomic mass is 10.0. The van der Waals surface area contributed by atoms with Gasteiger partial charge in [-0.25, -0.2) is 8.78 Å². The van der Waals surface area contributed by atoms with Crippen molar-refractivity contribution in [3.63, 3.8) is 0 Å². The summed E-state index contributed by atoms with van der Waals surface area (Å²) >= 11 is 0. The van der Waals surface area contributed by atoms with Gasteiger partial charge < -0.3 is 5.73 Å². The van der Waals surface area contributed by atoms with E-state index in [4.69, 9.17) is 5.73 Å². The van der Waals surface area contributed by atoms with Gasteiger partial charge in [0.1, 0.15) is 0 Å². The van der Waals surface area contributed by atoms with E-state index in [0.717, 1.165) is 23.3 Å². The fraction of sp³-hybridized carbons (Fsp3) is 0.133. The first-order valence-electron chi connectivity index (χ1n) is 5.89. The standard InChI is InChI=1S/C15H13F2NO/c16-13-7-6-12(9-14(13)17)11-4-1-10(2-5-11)3-8-15(18)19/h1-2,4-7,9H,3,8H2,(H2,18,19). The molecule has 0 atom stereocenters. The Bertz CT molecular complexity index is 594. The number of benzene rings is 2. The lowest BCUT2D eigenvalue weighted by molar-refractivity contribution is -0.117. The Morgan fingerprint density at radius 3 is 2.16 bits per heavy atom. The smallest absolute Gasteiger partial charge is 0.217 e. The van der Waals surface area contributed by atoms with Crippen LogP contribution >= 0.6 is 0 Å². The van der Waals surface area contributed by atoms with Crippen molar-refractivity contribution >= 4 is 5.91 Å². The molecule has 4 heteroatoms. The molecule has 0 fully saturated rings. The molecule has 2 nitrogen and oxygen atoms in total. The molecule has 98 valence electrons. The van der Waals surface area contributed by atoms with E-state index < -0.39 is 11.6 Å². The molecule has 0 aliphatic heterocycles. The minimum Gasteiger partial charge on any atom is -0.370 e. The van der Waals surface area contributed by atoms with Crippen LogP contribution in [0.1, 0.15) is 12.0 Å². The van der Waals surface area contributed by atoms with Gasteiger partial charge in [-0.15, -0.1) is 0 Å². The van der Waals surface area contributed by atoms with Crippen molar-refractivity contribution in [2.75, 3.05) is 0 Å². The number of primary amides is 1. The predicted octanol–water partition coefficient (Wildman–Crippen LogP) is 3.05. The Kier molecular flexibility index (Phi) is 3.90. The molecule has 2 aromatic rings. The van der Waals surface area contributed by atoms with Crippen molar-refractivity contribution < 1.29 is 13.6 Å². The Hall–Kier alpha value is -2.23.